The summed E-state index contributed by atoms with van der Waals surface area (Å²) in [5.41, 5.74) is 0.970. The summed E-state index contributed by atoms with van der Waals surface area (Å²) in [7, 11) is 0. The van der Waals surface area contributed by atoms with Crippen LogP contribution >= 0.6 is 0 Å². The number of piperidine rings is 1. The predicted octanol–water partition coefficient (Wildman–Crippen LogP) is 3.38. The maximum absolute atomic E-state index is 12.7. The standard InChI is InChI=1S/C17H18F3N3O2.C2HF3O2/c18-17(19,20)16(25)22-10-7-13(8-11-22)15(24)23-14(6-9-21-23)12-4-2-1-3-5-12;3-2(4,5)1(6)7/h1-5,9,13-14H,6-8,10-11H2;(H,6,7). The van der Waals surface area contributed by atoms with Crippen molar-refractivity contribution in [3.05, 3.63) is 35.9 Å². The molecular weight excluding hydrogens is 448 g/mol. The van der Waals surface area contributed by atoms with E-state index in [4.69, 9.17) is 9.90 Å². The lowest BCUT2D eigenvalue weighted by Gasteiger charge is -2.34. The van der Waals surface area contributed by atoms with Crippen LogP contribution in [0.2, 0.25) is 0 Å². The van der Waals surface area contributed by atoms with E-state index in [1.54, 1.807) is 6.21 Å². The molecule has 1 saturated heterocycles. The molecule has 7 nitrogen and oxygen atoms in total. The lowest BCUT2D eigenvalue weighted by Crippen LogP contribution is -2.47. The van der Waals surface area contributed by atoms with Crippen molar-refractivity contribution in [3.8, 4) is 0 Å². The molecule has 0 aromatic heterocycles. The van der Waals surface area contributed by atoms with E-state index in [-0.39, 0.29) is 37.9 Å². The van der Waals surface area contributed by atoms with Gasteiger partial charge in [0, 0.05) is 31.6 Å². The smallest absolute Gasteiger partial charge is 0.475 e. The first kappa shape index (κ1) is 25.1. The maximum atomic E-state index is 12.7. The van der Waals surface area contributed by atoms with Crippen molar-refractivity contribution in [3.63, 3.8) is 0 Å². The van der Waals surface area contributed by atoms with Crippen LogP contribution in [0.1, 0.15) is 30.9 Å². The lowest BCUT2D eigenvalue weighted by molar-refractivity contribution is -0.192. The molecule has 0 saturated carbocycles. The Balaban J connectivity index is 0.000000451. The molecule has 1 aromatic carbocycles. The van der Waals surface area contributed by atoms with Crippen LogP contribution in [0, 0.1) is 5.92 Å². The summed E-state index contributed by atoms with van der Waals surface area (Å²) >= 11 is 0. The fourth-order valence-corrected chi connectivity index (χ4v) is 3.27. The number of benzene rings is 1. The molecule has 3 rings (SSSR count). The highest BCUT2D eigenvalue weighted by Crippen LogP contribution is 2.32. The van der Waals surface area contributed by atoms with Gasteiger partial charge in [-0.3, -0.25) is 9.59 Å². The minimum Gasteiger partial charge on any atom is -0.475 e. The number of carboxylic acids is 1. The quantitative estimate of drug-likeness (QED) is 0.676. The van der Waals surface area contributed by atoms with Crippen LogP contribution in [-0.2, 0) is 14.4 Å². The van der Waals surface area contributed by atoms with Gasteiger partial charge in [0.05, 0.1) is 6.04 Å². The molecule has 2 amide bonds. The normalized spacial score (nSPS) is 19.4. The number of likely N-dealkylation sites (tertiary alicyclic amines) is 1. The number of hydrazone groups is 1. The SMILES string of the molecule is O=C(C1CCN(C(=O)C(F)(F)F)CC1)N1N=CCC1c1ccccc1.O=C(O)C(F)(F)F. The molecule has 2 aliphatic heterocycles. The molecule has 1 fully saturated rings. The first-order valence-corrected chi connectivity index (χ1v) is 9.39. The van der Waals surface area contributed by atoms with Gasteiger partial charge < -0.3 is 10.0 Å². The highest BCUT2D eigenvalue weighted by atomic mass is 19.4. The number of nitrogens with zero attached hydrogens (tertiary/aromatic N) is 3. The second-order valence-electron chi connectivity index (χ2n) is 7.01. The first-order valence-electron chi connectivity index (χ1n) is 9.39. The second-order valence-corrected chi connectivity index (χ2v) is 7.01. The van der Waals surface area contributed by atoms with Crippen molar-refractivity contribution in [1.82, 2.24) is 9.91 Å². The summed E-state index contributed by atoms with van der Waals surface area (Å²) in [5.74, 6) is -5.20. The molecule has 1 atom stereocenters. The van der Waals surface area contributed by atoms with Crippen LogP contribution in [0.25, 0.3) is 0 Å². The molecule has 1 N–H and O–H groups in total. The average Bonchev–Trinajstić information content (AvgIpc) is 3.22. The zero-order chi connectivity index (χ0) is 24.1. The van der Waals surface area contributed by atoms with E-state index >= 15 is 0 Å². The fourth-order valence-electron chi connectivity index (χ4n) is 3.27. The Bertz CT molecular complexity index is 849. The number of hydrogen-bond acceptors (Lipinski definition) is 4. The summed E-state index contributed by atoms with van der Waals surface area (Å²) in [6.07, 6.45) is -7.23. The summed E-state index contributed by atoms with van der Waals surface area (Å²) in [6.45, 7) is -0.134. The van der Waals surface area contributed by atoms with E-state index in [9.17, 15) is 35.9 Å². The van der Waals surface area contributed by atoms with E-state index in [2.05, 4.69) is 5.10 Å². The Morgan fingerprint density at radius 2 is 1.47 bits per heavy atom. The minimum atomic E-state index is -5.08. The number of alkyl halides is 6. The van der Waals surface area contributed by atoms with Gasteiger partial charge in [-0.25, -0.2) is 9.80 Å². The van der Waals surface area contributed by atoms with Gasteiger partial charge in [0.15, 0.2) is 0 Å². The Kier molecular flexibility index (Phi) is 7.86. The van der Waals surface area contributed by atoms with Gasteiger partial charge in [0.25, 0.3) is 0 Å². The van der Waals surface area contributed by atoms with Crippen LogP contribution in [-0.4, -0.2) is 64.5 Å². The summed E-state index contributed by atoms with van der Waals surface area (Å²) in [4.78, 5) is 33.7. The van der Waals surface area contributed by atoms with E-state index in [1.165, 1.54) is 5.01 Å². The molecule has 1 unspecified atom stereocenters. The highest BCUT2D eigenvalue weighted by molar-refractivity contribution is 5.84. The molecule has 1 aromatic rings. The first-order chi connectivity index (χ1) is 14.8. The Labute approximate surface area is 178 Å². The van der Waals surface area contributed by atoms with Crippen LogP contribution in [0.4, 0.5) is 26.3 Å². The molecule has 0 aliphatic carbocycles. The minimum absolute atomic E-state index is 0.0672. The third kappa shape index (κ3) is 6.44. The van der Waals surface area contributed by atoms with Crippen molar-refractivity contribution in [2.75, 3.05) is 13.1 Å². The van der Waals surface area contributed by atoms with Gasteiger partial charge in [-0.05, 0) is 18.4 Å². The van der Waals surface area contributed by atoms with E-state index < -0.39 is 30.1 Å². The van der Waals surface area contributed by atoms with Gasteiger partial charge in [0.2, 0.25) is 5.91 Å². The zero-order valence-corrected chi connectivity index (χ0v) is 16.4. The van der Waals surface area contributed by atoms with E-state index in [1.807, 2.05) is 30.3 Å². The molecular formula is C19H19F6N3O4. The van der Waals surface area contributed by atoms with Gasteiger partial charge >= 0.3 is 24.2 Å². The van der Waals surface area contributed by atoms with Crippen LogP contribution in [0.15, 0.2) is 35.4 Å². The summed E-state index contributed by atoms with van der Waals surface area (Å²) in [5, 5.41) is 12.7. The number of carbonyl (C=O) groups is 3. The van der Waals surface area contributed by atoms with Crippen LogP contribution in [0.5, 0.6) is 0 Å². The maximum Gasteiger partial charge on any atom is 0.490 e. The molecule has 2 heterocycles. The molecule has 2 aliphatic rings. The number of carboxylic acid groups (broad SMARTS) is 1. The number of aliphatic carboxylic acids is 1. The van der Waals surface area contributed by atoms with Gasteiger partial charge in [-0.2, -0.15) is 31.4 Å². The largest absolute Gasteiger partial charge is 0.490 e. The van der Waals surface area contributed by atoms with Crippen molar-refractivity contribution in [2.24, 2.45) is 11.0 Å². The van der Waals surface area contributed by atoms with Gasteiger partial charge in [-0.15, -0.1) is 0 Å². The van der Waals surface area contributed by atoms with Crippen molar-refractivity contribution in [1.29, 1.82) is 0 Å². The second kappa shape index (κ2) is 10.0. The number of amides is 2. The monoisotopic (exact) mass is 467 g/mol. The zero-order valence-electron chi connectivity index (χ0n) is 16.4. The Morgan fingerprint density at radius 3 is 1.94 bits per heavy atom. The van der Waals surface area contributed by atoms with Gasteiger partial charge in [-0.1, -0.05) is 30.3 Å². The van der Waals surface area contributed by atoms with Crippen molar-refractivity contribution >= 4 is 24.0 Å². The number of halogens is 6. The molecule has 176 valence electrons. The van der Waals surface area contributed by atoms with Crippen molar-refractivity contribution in [2.45, 2.75) is 37.7 Å². The molecule has 0 radical (unpaired) electrons. The Hall–Kier alpha value is -3.12. The molecule has 32 heavy (non-hydrogen) atoms. The van der Waals surface area contributed by atoms with Gasteiger partial charge in [0.1, 0.15) is 0 Å². The Morgan fingerprint density at radius 1 is 0.938 bits per heavy atom. The van der Waals surface area contributed by atoms with E-state index in [0.717, 1.165) is 10.5 Å². The molecule has 0 spiro atoms. The lowest BCUT2D eigenvalue weighted by atomic mass is 9.94. The third-order valence-electron chi connectivity index (χ3n) is 4.86. The topological polar surface area (TPSA) is 90.3 Å². The average molecular weight is 467 g/mol. The van der Waals surface area contributed by atoms with Crippen LogP contribution in [0.3, 0.4) is 0 Å². The summed E-state index contributed by atoms with van der Waals surface area (Å²) < 4.78 is 69.2. The van der Waals surface area contributed by atoms with Crippen molar-refractivity contribution < 1.29 is 45.8 Å². The number of rotatable bonds is 2. The predicted molar refractivity (Wildman–Crippen MR) is 98.2 cm³/mol. The number of hydrogen-bond donors (Lipinski definition) is 1. The van der Waals surface area contributed by atoms with E-state index in [0.29, 0.717) is 6.42 Å². The third-order valence-corrected chi connectivity index (χ3v) is 4.86. The molecule has 0 bridgehead atoms. The highest BCUT2D eigenvalue weighted by Gasteiger charge is 2.44. The van der Waals surface area contributed by atoms with Crippen LogP contribution < -0.4 is 0 Å². The summed E-state index contributed by atoms with van der Waals surface area (Å²) in [6, 6.07) is 9.33. The number of carbonyl (C=O) groups excluding carboxylic acids is 2. The fraction of sp³-hybridized carbons (Fsp3) is 0.474. The molecule has 13 heteroatoms.